The van der Waals surface area contributed by atoms with E-state index < -0.39 is 0 Å². The van der Waals surface area contributed by atoms with Gasteiger partial charge >= 0.3 is 16.8 Å². The Bertz CT molecular complexity index is 597. The number of rotatable bonds is 2. The molecule has 0 saturated heterocycles. The average molecular weight is 452 g/mol. The van der Waals surface area contributed by atoms with Crippen LogP contribution in [0.2, 0.25) is 0 Å². The first-order valence-corrected chi connectivity index (χ1v) is 5.73. The smallest absolute Gasteiger partial charge is 1.00 e. The van der Waals surface area contributed by atoms with Crippen LogP contribution in [0.25, 0.3) is 22.8 Å². The van der Waals surface area contributed by atoms with E-state index in [1.54, 1.807) is 12.4 Å². The summed E-state index contributed by atoms with van der Waals surface area (Å²) < 4.78 is 0. The van der Waals surface area contributed by atoms with Gasteiger partial charge in [-0.25, -0.2) is 4.98 Å². The minimum absolute atomic E-state index is 0. The van der Waals surface area contributed by atoms with Gasteiger partial charge in [0.15, 0.2) is 0 Å². The molecule has 3 heterocycles. The second-order valence-corrected chi connectivity index (χ2v) is 3.84. The molecule has 0 aliphatic rings. The normalized spacial score (nSPS) is 8.76. The summed E-state index contributed by atoms with van der Waals surface area (Å²) in [5, 5.41) is 0. The van der Waals surface area contributed by atoms with E-state index in [-0.39, 0.29) is 50.7 Å². The van der Waals surface area contributed by atoms with Crippen molar-refractivity contribution in [3.63, 3.8) is 0 Å². The minimum Gasteiger partial charge on any atom is -1.00 e. The number of pyridine rings is 3. The molecule has 6 heteroatoms. The van der Waals surface area contributed by atoms with Gasteiger partial charge in [-0.05, 0) is 36.4 Å². The predicted octanol–water partition coefficient (Wildman–Crippen LogP) is -2.79. The maximum Gasteiger partial charge on any atom is 2.00 e. The largest absolute Gasteiger partial charge is 2.00 e. The van der Waals surface area contributed by atoms with Gasteiger partial charge in [0.1, 0.15) is 0 Å². The molecule has 0 N–H and O–H groups in total. The quantitative estimate of drug-likeness (QED) is 0.423. The van der Waals surface area contributed by atoms with Crippen LogP contribution in [0.3, 0.4) is 0 Å². The number of hydrogen-bond acceptors (Lipinski definition) is 3. The Labute approximate surface area is 155 Å². The molecule has 3 rings (SSSR count). The fourth-order valence-electron chi connectivity index (χ4n) is 1.75. The van der Waals surface area contributed by atoms with Crippen molar-refractivity contribution in [2.75, 3.05) is 0 Å². The molecule has 3 aromatic heterocycles. The molecule has 0 spiro atoms. The Morgan fingerprint density at radius 2 is 0.952 bits per heavy atom. The topological polar surface area (TPSA) is 38.7 Å². The Hall–Kier alpha value is -1.08. The summed E-state index contributed by atoms with van der Waals surface area (Å²) in [4.78, 5) is 13.2. The third-order valence-corrected chi connectivity index (χ3v) is 2.60. The van der Waals surface area contributed by atoms with Crippen molar-refractivity contribution >= 4 is 0 Å². The van der Waals surface area contributed by atoms with Gasteiger partial charge in [0.2, 0.25) is 0 Å². The molecule has 3 nitrogen and oxygen atoms in total. The summed E-state index contributed by atoms with van der Waals surface area (Å²) in [6, 6.07) is 17.5. The van der Waals surface area contributed by atoms with Crippen LogP contribution in [-0.4, -0.2) is 15.0 Å². The van der Waals surface area contributed by atoms with E-state index in [1.807, 2.05) is 54.6 Å². The van der Waals surface area contributed by atoms with Gasteiger partial charge in [-0.3, -0.25) is 9.97 Å². The van der Waals surface area contributed by atoms with E-state index in [1.165, 1.54) is 0 Å². The van der Waals surface area contributed by atoms with E-state index in [0.29, 0.717) is 0 Å². The second-order valence-electron chi connectivity index (χ2n) is 3.84. The molecule has 21 heavy (non-hydrogen) atoms. The summed E-state index contributed by atoms with van der Waals surface area (Å²) in [6.07, 6.45) is 3.54. The molecule has 0 aliphatic carbocycles. The SMILES string of the molecule is [Br-].[Br-].[Co+2].c1ccc(-c2cccc(-c3ccccn3)n2)nc1. The van der Waals surface area contributed by atoms with E-state index in [9.17, 15) is 0 Å². The monoisotopic (exact) mass is 450 g/mol. The van der Waals surface area contributed by atoms with Crippen molar-refractivity contribution in [3.8, 4) is 22.8 Å². The van der Waals surface area contributed by atoms with Gasteiger partial charge in [-0.2, -0.15) is 0 Å². The summed E-state index contributed by atoms with van der Waals surface area (Å²) in [7, 11) is 0. The molecular formula is C15H11Br2CoN3. The van der Waals surface area contributed by atoms with Crippen LogP contribution in [-0.2, 0) is 16.8 Å². The van der Waals surface area contributed by atoms with Gasteiger partial charge in [-0.15, -0.1) is 0 Å². The zero-order valence-electron chi connectivity index (χ0n) is 10.8. The summed E-state index contributed by atoms with van der Waals surface area (Å²) >= 11 is 0. The Kier molecular flexibility index (Phi) is 9.28. The van der Waals surface area contributed by atoms with Gasteiger partial charge in [0, 0.05) is 12.4 Å². The predicted molar refractivity (Wildman–Crippen MR) is 70.7 cm³/mol. The molecule has 0 aliphatic heterocycles. The molecule has 109 valence electrons. The molecule has 0 unspecified atom stereocenters. The standard InChI is InChI=1S/C15H11N3.2BrH.Co/c1-3-10-16-12(6-1)14-8-5-9-15(18-14)13-7-2-4-11-17-13;;;/h1-11H;2*1H;/q;;;+2/p-2. The van der Waals surface area contributed by atoms with Crippen molar-refractivity contribution in [1.82, 2.24) is 15.0 Å². The number of hydrogen-bond donors (Lipinski definition) is 0. The molecular weight excluding hydrogens is 441 g/mol. The summed E-state index contributed by atoms with van der Waals surface area (Å²) in [5.74, 6) is 0. The Morgan fingerprint density at radius 1 is 0.524 bits per heavy atom. The average Bonchev–Trinajstić information content (AvgIpc) is 2.49. The number of halogens is 2. The molecule has 0 aromatic carbocycles. The van der Waals surface area contributed by atoms with E-state index in [0.717, 1.165) is 22.8 Å². The van der Waals surface area contributed by atoms with E-state index in [4.69, 9.17) is 0 Å². The van der Waals surface area contributed by atoms with Crippen LogP contribution < -0.4 is 34.0 Å². The van der Waals surface area contributed by atoms with Gasteiger partial charge < -0.3 is 34.0 Å². The fraction of sp³-hybridized carbons (Fsp3) is 0. The van der Waals surface area contributed by atoms with Crippen LogP contribution in [0, 0.1) is 0 Å². The van der Waals surface area contributed by atoms with Crippen molar-refractivity contribution in [2.24, 2.45) is 0 Å². The molecule has 0 bridgehead atoms. The van der Waals surface area contributed by atoms with E-state index >= 15 is 0 Å². The first-order valence-electron chi connectivity index (χ1n) is 5.73. The maximum atomic E-state index is 4.59. The fourth-order valence-corrected chi connectivity index (χ4v) is 1.75. The molecule has 0 amide bonds. The molecule has 3 aromatic rings. The molecule has 0 saturated carbocycles. The molecule has 0 atom stereocenters. The summed E-state index contributed by atoms with van der Waals surface area (Å²) in [6.45, 7) is 0. The Balaban J connectivity index is 0.00000133. The van der Waals surface area contributed by atoms with Crippen LogP contribution in [0.1, 0.15) is 0 Å². The maximum absolute atomic E-state index is 4.59. The third-order valence-electron chi connectivity index (χ3n) is 2.60. The van der Waals surface area contributed by atoms with E-state index in [2.05, 4.69) is 15.0 Å². The van der Waals surface area contributed by atoms with Crippen molar-refractivity contribution in [2.45, 2.75) is 0 Å². The molecule has 1 radical (unpaired) electrons. The summed E-state index contributed by atoms with van der Waals surface area (Å²) in [5.41, 5.74) is 3.46. The van der Waals surface area contributed by atoms with Crippen molar-refractivity contribution in [1.29, 1.82) is 0 Å². The van der Waals surface area contributed by atoms with Crippen LogP contribution in [0.4, 0.5) is 0 Å². The number of aromatic nitrogens is 3. The first-order chi connectivity index (χ1) is 8.93. The second kappa shape index (κ2) is 9.78. The Morgan fingerprint density at radius 3 is 1.33 bits per heavy atom. The van der Waals surface area contributed by atoms with Crippen LogP contribution in [0.5, 0.6) is 0 Å². The van der Waals surface area contributed by atoms with Gasteiger partial charge in [0.25, 0.3) is 0 Å². The van der Waals surface area contributed by atoms with Crippen LogP contribution >= 0.6 is 0 Å². The zero-order chi connectivity index (χ0) is 12.2. The van der Waals surface area contributed by atoms with Crippen molar-refractivity contribution in [3.05, 3.63) is 67.0 Å². The van der Waals surface area contributed by atoms with Gasteiger partial charge in [0.05, 0.1) is 22.8 Å². The number of nitrogens with zero attached hydrogens (tertiary/aromatic N) is 3. The zero-order valence-corrected chi connectivity index (χ0v) is 15.0. The molecule has 0 fully saturated rings. The van der Waals surface area contributed by atoms with Crippen LogP contribution in [0.15, 0.2) is 67.0 Å². The third kappa shape index (κ3) is 5.00. The first kappa shape index (κ1) is 19.9. The van der Waals surface area contributed by atoms with Gasteiger partial charge in [-0.1, -0.05) is 18.2 Å². The minimum atomic E-state index is 0. The van der Waals surface area contributed by atoms with Crippen molar-refractivity contribution < 1.29 is 50.7 Å².